The maximum atomic E-state index is 11.6. The van der Waals surface area contributed by atoms with Crippen LogP contribution in [-0.4, -0.2) is 28.2 Å². The molecule has 0 saturated heterocycles. The van der Waals surface area contributed by atoms with Gasteiger partial charge in [-0.15, -0.1) is 10.2 Å². The zero-order valence-electron chi connectivity index (χ0n) is 11.9. The van der Waals surface area contributed by atoms with Gasteiger partial charge in [0.05, 0.1) is 0 Å². The Morgan fingerprint density at radius 2 is 2.05 bits per heavy atom. The van der Waals surface area contributed by atoms with E-state index in [0.717, 1.165) is 5.56 Å². The molecule has 2 aromatic rings. The van der Waals surface area contributed by atoms with E-state index in [2.05, 4.69) is 15.2 Å². The van der Waals surface area contributed by atoms with Crippen molar-refractivity contribution in [3.8, 4) is 0 Å². The standard InChI is InChI=1S/C13H17ClN4O2S/c1-10(2)9-18-12(16-17-13(18)21(14,19)20)6-5-11-4-3-7-15-8-11/h3-4,7-8,10H,5-6,9H2,1-2H3. The van der Waals surface area contributed by atoms with Gasteiger partial charge in [0, 0.05) is 36.0 Å². The summed E-state index contributed by atoms with van der Waals surface area (Å²) in [4.78, 5) is 4.05. The molecule has 0 aliphatic carbocycles. The van der Waals surface area contributed by atoms with E-state index in [1.165, 1.54) is 0 Å². The van der Waals surface area contributed by atoms with Gasteiger partial charge in [-0.25, -0.2) is 8.42 Å². The minimum atomic E-state index is -3.89. The fourth-order valence-corrected chi connectivity index (χ4v) is 2.96. The van der Waals surface area contributed by atoms with Crippen molar-refractivity contribution in [3.63, 3.8) is 0 Å². The van der Waals surface area contributed by atoms with Gasteiger partial charge >= 0.3 is 0 Å². The first-order valence-corrected chi connectivity index (χ1v) is 8.94. The molecule has 0 aliphatic rings. The van der Waals surface area contributed by atoms with Crippen molar-refractivity contribution in [3.05, 3.63) is 35.9 Å². The summed E-state index contributed by atoms with van der Waals surface area (Å²) in [7, 11) is 1.52. The van der Waals surface area contributed by atoms with E-state index in [-0.39, 0.29) is 11.1 Å². The van der Waals surface area contributed by atoms with Crippen LogP contribution in [0.15, 0.2) is 29.7 Å². The third-order valence-electron chi connectivity index (χ3n) is 2.92. The minimum Gasteiger partial charge on any atom is -0.301 e. The second-order valence-corrected chi connectivity index (χ2v) is 7.66. The molecule has 0 saturated carbocycles. The van der Waals surface area contributed by atoms with Gasteiger partial charge in [0.15, 0.2) is 0 Å². The van der Waals surface area contributed by atoms with Crippen molar-refractivity contribution < 1.29 is 8.42 Å². The molecule has 2 aromatic heterocycles. The summed E-state index contributed by atoms with van der Waals surface area (Å²) >= 11 is 0. The highest BCUT2D eigenvalue weighted by Gasteiger charge is 2.22. The van der Waals surface area contributed by atoms with Gasteiger partial charge in [-0.3, -0.25) is 4.98 Å². The van der Waals surface area contributed by atoms with Gasteiger partial charge in [0.25, 0.3) is 14.2 Å². The van der Waals surface area contributed by atoms with E-state index < -0.39 is 9.05 Å². The average Bonchev–Trinajstić information content (AvgIpc) is 2.79. The molecule has 114 valence electrons. The van der Waals surface area contributed by atoms with E-state index in [0.29, 0.717) is 25.2 Å². The van der Waals surface area contributed by atoms with E-state index in [1.54, 1.807) is 17.0 Å². The minimum absolute atomic E-state index is 0.181. The number of rotatable bonds is 6. The fraction of sp³-hybridized carbons (Fsp3) is 0.462. The number of aromatic nitrogens is 4. The molecule has 6 nitrogen and oxygen atoms in total. The SMILES string of the molecule is CC(C)Cn1c(CCc2cccnc2)nnc1S(=O)(=O)Cl. The Balaban J connectivity index is 2.25. The zero-order chi connectivity index (χ0) is 15.5. The molecule has 2 rings (SSSR count). The first kappa shape index (κ1) is 15.9. The van der Waals surface area contributed by atoms with Crippen LogP contribution in [-0.2, 0) is 28.4 Å². The molecule has 0 atom stereocenters. The van der Waals surface area contributed by atoms with E-state index in [4.69, 9.17) is 10.7 Å². The number of pyridine rings is 1. The van der Waals surface area contributed by atoms with Crippen molar-refractivity contribution >= 4 is 19.7 Å². The van der Waals surface area contributed by atoms with Crippen LogP contribution in [0, 0.1) is 5.92 Å². The first-order valence-electron chi connectivity index (χ1n) is 6.63. The Morgan fingerprint density at radius 3 is 2.62 bits per heavy atom. The normalized spacial score (nSPS) is 12.0. The second-order valence-electron chi connectivity index (χ2n) is 5.20. The van der Waals surface area contributed by atoms with Gasteiger partial charge < -0.3 is 4.57 Å². The van der Waals surface area contributed by atoms with Crippen LogP contribution < -0.4 is 0 Å². The summed E-state index contributed by atoms with van der Waals surface area (Å²) in [5.74, 6) is 0.877. The Labute approximate surface area is 128 Å². The fourth-order valence-electron chi connectivity index (χ4n) is 2.03. The predicted molar refractivity (Wildman–Crippen MR) is 79.5 cm³/mol. The number of hydrogen-bond donors (Lipinski definition) is 0. The monoisotopic (exact) mass is 328 g/mol. The van der Waals surface area contributed by atoms with Crippen molar-refractivity contribution in [2.75, 3.05) is 0 Å². The smallest absolute Gasteiger partial charge is 0.296 e. The third-order valence-corrected chi connectivity index (χ3v) is 4.07. The molecule has 0 radical (unpaired) electrons. The summed E-state index contributed by atoms with van der Waals surface area (Å²) in [6, 6.07) is 3.83. The molecule has 0 aromatic carbocycles. The van der Waals surface area contributed by atoms with Crippen LogP contribution in [0.5, 0.6) is 0 Å². The van der Waals surface area contributed by atoms with Crippen LogP contribution in [0.1, 0.15) is 25.2 Å². The van der Waals surface area contributed by atoms with Gasteiger partial charge in [-0.2, -0.15) is 0 Å². The van der Waals surface area contributed by atoms with Gasteiger partial charge in [0.2, 0.25) is 0 Å². The Kier molecular flexibility index (Phi) is 4.95. The highest BCUT2D eigenvalue weighted by Crippen LogP contribution is 2.17. The topological polar surface area (TPSA) is 77.7 Å². The lowest BCUT2D eigenvalue weighted by Gasteiger charge is -2.11. The summed E-state index contributed by atoms with van der Waals surface area (Å²) in [6.45, 7) is 4.50. The van der Waals surface area contributed by atoms with E-state index in [9.17, 15) is 8.42 Å². The maximum Gasteiger partial charge on any atom is 0.296 e. The van der Waals surface area contributed by atoms with Gasteiger partial charge in [-0.1, -0.05) is 19.9 Å². The van der Waals surface area contributed by atoms with Gasteiger partial charge in [0.1, 0.15) is 5.82 Å². The molecule has 0 amide bonds. The van der Waals surface area contributed by atoms with Crippen molar-refractivity contribution in [2.45, 2.75) is 38.4 Å². The van der Waals surface area contributed by atoms with Crippen molar-refractivity contribution in [2.24, 2.45) is 5.92 Å². The average molecular weight is 329 g/mol. The van der Waals surface area contributed by atoms with Crippen LogP contribution in [0.4, 0.5) is 0 Å². The molecule has 0 spiro atoms. The molecule has 0 fully saturated rings. The Bertz CT molecular complexity index is 698. The maximum absolute atomic E-state index is 11.6. The molecule has 0 bridgehead atoms. The Morgan fingerprint density at radius 1 is 1.29 bits per heavy atom. The largest absolute Gasteiger partial charge is 0.301 e. The summed E-state index contributed by atoms with van der Waals surface area (Å²) in [5.41, 5.74) is 1.06. The number of halogens is 1. The molecule has 21 heavy (non-hydrogen) atoms. The molecule has 8 heteroatoms. The third kappa shape index (κ3) is 4.25. The number of hydrogen-bond acceptors (Lipinski definition) is 5. The van der Waals surface area contributed by atoms with E-state index in [1.807, 2.05) is 26.0 Å². The lowest BCUT2D eigenvalue weighted by molar-refractivity contribution is 0.471. The highest BCUT2D eigenvalue weighted by atomic mass is 35.7. The van der Waals surface area contributed by atoms with Crippen molar-refractivity contribution in [1.82, 2.24) is 19.7 Å². The zero-order valence-corrected chi connectivity index (χ0v) is 13.5. The number of aryl methyl sites for hydroxylation is 2. The van der Waals surface area contributed by atoms with Crippen LogP contribution in [0.25, 0.3) is 0 Å². The summed E-state index contributed by atoms with van der Waals surface area (Å²) < 4.78 is 24.7. The first-order chi connectivity index (χ1) is 9.88. The predicted octanol–water partition coefficient (Wildman–Crippen LogP) is 2.04. The quantitative estimate of drug-likeness (QED) is 0.758. The van der Waals surface area contributed by atoms with Gasteiger partial charge in [-0.05, 0) is 24.0 Å². The summed E-state index contributed by atoms with van der Waals surface area (Å²) in [5, 5.41) is 7.53. The second kappa shape index (κ2) is 6.53. The lowest BCUT2D eigenvalue weighted by atomic mass is 10.1. The van der Waals surface area contributed by atoms with Crippen LogP contribution in [0.2, 0.25) is 0 Å². The van der Waals surface area contributed by atoms with Crippen molar-refractivity contribution in [1.29, 1.82) is 0 Å². The molecule has 0 N–H and O–H groups in total. The molecule has 2 heterocycles. The van der Waals surface area contributed by atoms with E-state index >= 15 is 0 Å². The molecule has 0 unspecified atom stereocenters. The van der Waals surface area contributed by atoms with Crippen LogP contribution >= 0.6 is 10.7 Å². The lowest BCUT2D eigenvalue weighted by Crippen LogP contribution is -2.14. The number of nitrogens with zero attached hydrogens (tertiary/aromatic N) is 4. The molecular weight excluding hydrogens is 312 g/mol. The molecular formula is C13H17ClN4O2S. The molecule has 0 aliphatic heterocycles. The summed E-state index contributed by atoms with van der Waals surface area (Å²) in [6.07, 6.45) is 4.79. The highest BCUT2D eigenvalue weighted by molar-refractivity contribution is 8.13. The Hall–Kier alpha value is -1.47. The van der Waals surface area contributed by atoms with Crippen LogP contribution in [0.3, 0.4) is 0 Å².